The fourth-order valence-electron chi connectivity index (χ4n) is 1.70. The summed E-state index contributed by atoms with van der Waals surface area (Å²) in [6.07, 6.45) is 1.14. The predicted octanol–water partition coefficient (Wildman–Crippen LogP) is 2.55. The van der Waals surface area contributed by atoms with Crippen molar-refractivity contribution in [3.63, 3.8) is 0 Å². The zero-order valence-electron chi connectivity index (χ0n) is 10.8. The number of rotatable bonds is 4. The van der Waals surface area contributed by atoms with Gasteiger partial charge in [-0.1, -0.05) is 12.1 Å². The molecule has 0 saturated heterocycles. The Morgan fingerprint density at radius 2 is 1.95 bits per heavy atom. The zero-order chi connectivity index (χ0) is 14.8. The summed E-state index contributed by atoms with van der Waals surface area (Å²) in [5, 5.41) is 12.1. The van der Waals surface area contributed by atoms with E-state index in [4.69, 9.17) is 5.11 Å². The maximum Gasteiger partial charge on any atom is 0.175 e. The lowest BCUT2D eigenvalue weighted by Crippen LogP contribution is -2.02. The summed E-state index contributed by atoms with van der Waals surface area (Å²) in [6, 6.07) is 10.5. The summed E-state index contributed by atoms with van der Waals surface area (Å²) in [5.41, 5.74) is 1.27. The van der Waals surface area contributed by atoms with Gasteiger partial charge in [-0.2, -0.15) is 0 Å². The summed E-state index contributed by atoms with van der Waals surface area (Å²) in [4.78, 5) is 0.222. The van der Waals surface area contributed by atoms with Crippen molar-refractivity contribution in [2.75, 3.05) is 11.6 Å². The molecule has 2 aromatic carbocycles. The minimum atomic E-state index is -3.25. The van der Waals surface area contributed by atoms with E-state index in [2.05, 4.69) is 5.32 Å². The second-order valence-electron chi connectivity index (χ2n) is 4.44. The van der Waals surface area contributed by atoms with E-state index in [1.165, 1.54) is 24.3 Å². The molecule has 0 saturated carbocycles. The van der Waals surface area contributed by atoms with Crippen LogP contribution in [-0.2, 0) is 16.4 Å². The molecule has 0 unspecified atom stereocenters. The molecule has 0 spiro atoms. The molecule has 20 heavy (non-hydrogen) atoms. The molecule has 0 aliphatic carbocycles. The van der Waals surface area contributed by atoms with Crippen molar-refractivity contribution < 1.29 is 17.9 Å². The number of hydrogen-bond acceptors (Lipinski definition) is 4. The average molecular weight is 295 g/mol. The molecule has 6 heteroatoms. The van der Waals surface area contributed by atoms with Gasteiger partial charge in [0.1, 0.15) is 0 Å². The number of hydrogen-bond donors (Lipinski definition) is 2. The zero-order valence-corrected chi connectivity index (χ0v) is 11.6. The van der Waals surface area contributed by atoms with Crippen molar-refractivity contribution in [2.45, 2.75) is 11.4 Å². The topological polar surface area (TPSA) is 66.4 Å². The van der Waals surface area contributed by atoms with Gasteiger partial charge in [0.05, 0.1) is 4.90 Å². The van der Waals surface area contributed by atoms with Crippen molar-refractivity contribution in [1.29, 1.82) is 0 Å². The van der Waals surface area contributed by atoms with Gasteiger partial charge in [0.25, 0.3) is 0 Å². The van der Waals surface area contributed by atoms with Crippen LogP contribution in [0.1, 0.15) is 5.56 Å². The van der Waals surface area contributed by atoms with E-state index in [1.807, 2.05) is 0 Å². The fourth-order valence-corrected chi connectivity index (χ4v) is 2.37. The quantitative estimate of drug-likeness (QED) is 0.909. The molecule has 0 bridgehead atoms. The van der Waals surface area contributed by atoms with Crippen LogP contribution in [0.3, 0.4) is 0 Å². The van der Waals surface area contributed by atoms with Gasteiger partial charge >= 0.3 is 0 Å². The van der Waals surface area contributed by atoms with Crippen LogP contribution in [0, 0.1) is 5.82 Å². The van der Waals surface area contributed by atoms with Crippen LogP contribution in [0.4, 0.5) is 10.1 Å². The van der Waals surface area contributed by atoms with Crippen LogP contribution >= 0.6 is 0 Å². The number of phenols is 1. The molecule has 0 aromatic heterocycles. The van der Waals surface area contributed by atoms with E-state index in [1.54, 1.807) is 18.2 Å². The molecule has 0 fully saturated rings. The summed E-state index contributed by atoms with van der Waals surface area (Å²) in [5.74, 6) is -1.08. The third kappa shape index (κ3) is 3.48. The first-order valence-electron chi connectivity index (χ1n) is 5.87. The first kappa shape index (κ1) is 14.3. The molecule has 4 nitrogen and oxygen atoms in total. The number of sulfone groups is 1. The molecule has 2 N–H and O–H groups in total. The molecule has 0 amide bonds. The van der Waals surface area contributed by atoms with Crippen molar-refractivity contribution in [2.24, 2.45) is 0 Å². The Bertz CT molecular complexity index is 729. The van der Waals surface area contributed by atoms with E-state index in [0.29, 0.717) is 17.8 Å². The SMILES string of the molecule is CS(=O)(=O)c1cccc(NCc2ccc(O)c(F)c2)c1. The molecule has 0 atom stereocenters. The van der Waals surface area contributed by atoms with Crippen LogP contribution in [0.15, 0.2) is 47.4 Å². The highest BCUT2D eigenvalue weighted by atomic mass is 32.2. The van der Waals surface area contributed by atoms with Crippen LogP contribution in [0.25, 0.3) is 0 Å². The molecule has 0 radical (unpaired) electrons. The Morgan fingerprint density at radius 3 is 2.60 bits per heavy atom. The molecule has 2 rings (SSSR count). The molecule has 0 aliphatic rings. The highest BCUT2D eigenvalue weighted by Crippen LogP contribution is 2.19. The highest BCUT2D eigenvalue weighted by Gasteiger charge is 2.07. The number of nitrogens with one attached hydrogen (secondary N) is 1. The Morgan fingerprint density at radius 1 is 1.20 bits per heavy atom. The second kappa shape index (κ2) is 5.50. The first-order valence-corrected chi connectivity index (χ1v) is 7.77. The number of anilines is 1. The van der Waals surface area contributed by atoms with Gasteiger partial charge in [-0.3, -0.25) is 0 Å². The first-order chi connectivity index (χ1) is 9.36. The van der Waals surface area contributed by atoms with Gasteiger partial charge in [-0.15, -0.1) is 0 Å². The summed E-state index contributed by atoms with van der Waals surface area (Å²) >= 11 is 0. The van der Waals surface area contributed by atoms with E-state index in [9.17, 15) is 12.8 Å². The summed E-state index contributed by atoms with van der Waals surface area (Å²) in [6.45, 7) is 0.324. The second-order valence-corrected chi connectivity index (χ2v) is 6.46. The lowest BCUT2D eigenvalue weighted by Gasteiger charge is -2.08. The standard InChI is InChI=1S/C14H14FNO3S/c1-20(18,19)12-4-2-3-11(8-12)16-9-10-5-6-14(17)13(15)7-10/h2-8,16-17H,9H2,1H3. The van der Waals surface area contributed by atoms with E-state index >= 15 is 0 Å². The number of halogens is 1. The number of aromatic hydroxyl groups is 1. The van der Waals surface area contributed by atoms with Crippen LogP contribution < -0.4 is 5.32 Å². The van der Waals surface area contributed by atoms with Gasteiger partial charge in [-0.25, -0.2) is 12.8 Å². The van der Waals surface area contributed by atoms with E-state index in [-0.39, 0.29) is 4.90 Å². The van der Waals surface area contributed by atoms with Gasteiger partial charge < -0.3 is 10.4 Å². The normalized spacial score (nSPS) is 11.3. The fraction of sp³-hybridized carbons (Fsp3) is 0.143. The van der Waals surface area contributed by atoms with Crippen LogP contribution in [0.2, 0.25) is 0 Å². The molecular formula is C14H14FNO3S. The minimum absolute atomic E-state index is 0.222. The van der Waals surface area contributed by atoms with Crippen molar-refractivity contribution in [3.8, 4) is 5.75 Å². The van der Waals surface area contributed by atoms with Crippen LogP contribution in [0.5, 0.6) is 5.75 Å². The van der Waals surface area contributed by atoms with Gasteiger partial charge in [0.2, 0.25) is 0 Å². The van der Waals surface area contributed by atoms with Crippen molar-refractivity contribution in [1.82, 2.24) is 0 Å². The Balaban J connectivity index is 2.13. The smallest absolute Gasteiger partial charge is 0.175 e. The van der Waals surface area contributed by atoms with Gasteiger partial charge in [-0.05, 0) is 35.9 Å². The van der Waals surface area contributed by atoms with Gasteiger partial charge in [0.15, 0.2) is 21.4 Å². The average Bonchev–Trinajstić information content (AvgIpc) is 2.39. The Labute approximate surface area is 116 Å². The molecule has 0 heterocycles. The van der Waals surface area contributed by atoms with Gasteiger partial charge in [0, 0.05) is 18.5 Å². The third-order valence-electron chi connectivity index (χ3n) is 2.77. The van der Waals surface area contributed by atoms with Crippen molar-refractivity contribution >= 4 is 15.5 Å². The Hall–Kier alpha value is -2.08. The predicted molar refractivity (Wildman–Crippen MR) is 74.9 cm³/mol. The lowest BCUT2D eigenvalue weighted by molar-refractivity contribution is 0.432. The van der Waals surface area contributed by atoms with Crippen molar-refractivity contribution in [3.05, 3.63) is 53.8 Å². The molecule has 106 valence electrons. The number of benzene rings is 2. The van der Waals surface area contributed by atoms with E-state index in [0.717, 1.165) is 6.26 Å². The largest absolute Gasteiger partial charge is 0.505 e. The molecule has 2 aromatic rings. The summed E-state index contributed by atoms with van der Waals surface area (Å²) < 4.78 is 36.0. The highest BCUT2D eigenvalue weighted by molar-refractivity contribution is 7.90. The van der Waals surface area contributed by atoms with Crippen LogP contribution in [-0.4, -0.2) is 19.8 Å². The maximum absolute atomic E-state index is 13.2. The minimum Gasteiger partial charge on any atom is -0.505 e. The summed E-state index contributed by atoms with van der Waals surface area (Å²) in [7, 11) is -3.25. The third-order valence-corrected chi connectivity index (χ3v) is 3.88. The monoisotopic (exact) mass is 295 g/mol. The molecular weight excluding hydrogens is 281 g/mol. The Kier molecular flexibility index (Phi) is 3.94. The lowest BCUT2D eigenvalue weighted by atomic mass is 10.2. The van der Waals surface area contributed by atoms with E-state index < -0.39 is 21.4 Å². The molecule has 0 aliphatic heterocycles. The maximum atomic E-state index is 13.2. The number of phenolic OH excluding ortho intramolecular Hbond substituents is 1.